The highest BCUT2D eigenvalue weighted by atomic mass is 16.5. The minimum absolute atomic E-state index is 0.178. The summed E-state index contributed by atoms with van der Waals surface area (Å²) in [4.78, 5) is 24.1. The summed E-state index contributed by atoms with van der Waals surface area (Å²) in [6, 6.07) is 4.10. The zero-order chi connectivity index (χ0) is 15.0. The molecule has 1 aromatic carbocycles. The number of imidazole rings is 1. The third-order valence-electron chi connectivity index (χ3n) is 3.44. The normalized spacial score (nSPS) is 10.8. The number of carbonyl (C=O) groups is 1. The molecule has 21 heavy (non-hydrogen) atoms. The fraction of sp³-hybridized carbons (Fsp3) is 0.200. The van der Waals surface area contributed by atoms with Gasteiger partial charge in [0, 0.05) is 0 Å². The molecule has 0 radical (unpaired) electrons. The van der Waals surface area contributed by atoms with Crippen LogP contribution in [0.5, 0.6) is 0 Å². The third-order valence-corrected chi connectivity index (χ3v) is 3.44. The van der Waals surface area contributed by atoms with Crippen molar-refractivity contribution in [2.75, 3.05) is 7.11 Å². The first kappa shape index (κ1) is 13.2. The SMILES string of the molecule is COC(=O)c1cnc(-n2cnc3cc(C)c(C)cc32)cn1. The van der Waals surface area contributed by atoms with Crippen molar-refractivity contribution >= 4 is 17.0 Å². The Morgan fingerprint density at radius 2 is 1.86 bits per heavy atom. The maximum atomic E-state index is 11.4. The van der Waals surface area contributed by atoms with Gasteiger partial charge in [0.1, 0.15) is 6.33 Å². The molecule has 0 aliphatic heterocycles. The molecule has 0 atom stereocenters. The van der Waals surface area contributed by atoms with Crippen LogP contribution in [-0.2, 0) is 4.74 Å². The summed E-state index contributed by atoms with van der Waals surface area (Å²) in [7, 11) is 1.31. The summed E-state index contributed by atoms with van der Waals surface area (Å²) < 4.78 is 6.45. The Bertz CT molecular complexity index is 822. The van der Waals surface area contributed by atoms with Gasteiger partial charge in [-0.15, -0.1) is 0 Å². The highest BCUT2D eigenvalue weighted by molar-refractivity contribution is 5.86. The van der Waals surface area contributed by atoms with E-state index in [9.17, 15) is 4.79 Å². The van der Waals surface area contributed by atoms with Crippen molar-refractivity contribution in [3.05, 3.63) is 47.7 Å². The van der Waals surface area contributed by atoms with Crippen LogP contribution in [0, 0.1) is 13.8 Å². The molecule has 0 fully saturated rings. The van der Waals surface area contributed by atoms with E-state index in [1.54, 1.807) is 6.33 Å². The van der Waals surface area contributed by atoms with Crippen molar-refractivity contribution in [3.63, 3.8) is 0 Å². The first-order chi connectivity index (χ1) is 10.1. The van der Waals surface area contributed by atoms with E-state index in [0.29, 0.717) is 5.82 Å². The van der Waals surface area contributed by atoms with Gasteiger partial charge < -0.3 is 4.74 Å². The second-order valence-corrected chi connectivity index (χ2v) is 4.79. The number of fused-ring (bicyclic) bond motifs is 1. The number of hydrogen-bond donors (Lipinski definition) is 0. The van der Waals surface area contributed by atoms with Crippen LogP contribution in [0.4, 0.5) is 0 Å². The van der Waals surface area contributed by atoms with E-state index in [4.69, 9.17) is 0 Å². The largest absolute Gasteiger partial charge is 0.464 e. The Kier molecular flexibility index (Phi) is 3.13. The molecule has 0 N–H and O–H groups in total. The lowest BCUT2D eigenvalue weighted by molar-refractivity contribution is 0.0593. The molecule has 106 valence electrons. The molecule has 0 amide bonds. The van der Waals surface area contributed by atoms with Gasteiger partial charge in [0.2, 0.25) is 0 Å². The smallest absolute Gasteiger partial charge is 0.358 e. The Morgan fingerprint density at radius 1 is 1.10 bits per heavy atom. The standard InChI is InChI=1S/C15H14N4O2/c1-9-4-11-13(5-10(9)2)19(8-18-11)14-7-16-12(6-17-14)15(20)21-3/h4-8H,1-3H3. The topological polar surface area (TPSA) is 69.9 Å². The Balaban J connectivity index is 2.08. The van der Waals surface area contributed by atoms with Crippen LogP contribution in [0.3, 0.4) is 0 Å². The van der Waals surface area contributed by atoms with Gasteiger partial charge in [0.25, 0.3) is 0 Å². The zero-order valence-corrected chi connectivity index (χ0v) is 12.0. The molecule has 0 saturated carbocycles. The van der Waals surface area contributed by atoms with Crippen molar-refractivity contribution < 1.29 is 9.53 Å². The van der Waals surface area contributed by atoms with Crippen LogP contribution in [0.15, 0.2) is 30.9 Å². The number of aromatic nitrogens is 4. The average Bonchev–Trinajstić information content (AvgIpc) is 2.90. The Hall–Kier alpha value is -2.76. The van der Waals surface area contributed by atoms with Gasteiger partial charge in [0.05, 0.1) is 30.5 Å². The van der Waals surface area contributed by atoms with Gasteiger partial charge in [-0.2, -0.15) is 0 Å². The number of ether oxygens (including phenoxy) is 1. The molecule has 2 aromatic heterocycles. The molecule has 0 aliphatic carbocycles. The number of esters is 1. The summed E-state index contributed by atoms with van der Waals surface area (Å²) in [5.74, 6) is 0.101. The molecule has 6 heteroatoms. The maximum absolute atomic E-state index is 11.4. The third kappa shape index (κ3) is 2.24. The molecule has 3 aromatic rings. The quantitative estimate of drug-likeness (QED) is 0.674. The van der Waals surface area contributed by atoms with Gasteiger partial charge >= 0.3 is 5.97 Å². The minimum Gasteiger partial charge on any atom is -0.464 e. The van der Waals surface area contributed by atoms with Crippen LogP contribution in [-0.4, -0.2) is 32.6 Å². The Morgan fingerprint density at radius 3 is 2.52 bits per heavy atom. The van der Waals surface area contributed by atoms with E-state index in [2.05, 4.69) is 39.6 Å². The number of rotatable bonds is 2. The predicted molar refractivity (Wildman–Crippen MR) is 77.5 cm³/mol. The molecule has 3 rings (SSSR count). The summed E-state index contributed by atoms with van der Waals surface area (Å²) in [6.45, 7) is 4.11. The van der Waals surface area contributed by atoms with Crippen LogP contribution < -0.4 is 0 Å². The van der Waals surface area contributed by atoms with E-state index in [1.807, 2.05) is 10.6 Å². The van der Waals surface area contributed by atoms with Gasteiger partial charge in [-0.05, 0) is 37.1 Å². The predicted octanol–water partition coefficient (Wildman–Crippen LogP) is 2.22. The van der Waals surface area contributed by atoms with Crippen LogP contribution in [0.25, 0.3) is 16.9 Å². The first-order valence-electron chi connectivity index (χ1n) is 6.45. The maximum Gasteiger partial charge on any atom is 0.358 e. The van der Waals surface area contributed by atoms with Crippen molar-refractivity contribution in [3.8, 4) is 5.82 Å². The van der Waals surface area contributed by atoms with Gasteiger partial charge in [0.15, 0.2) is 11.5 Å². The average molecular weight is 282 g/mol. The van der Waals surface area contributed by atoms with Crippen LogP contribution in [0.2, 0.25) is 0 Å². The van der Waals surface area contributed by atoms with E-state index < -0.39 is 5.97 Å². The second kappa shape index (κ2) is 4.97. The highest BCUT2D eigenvalue weighted by Crippen LogP contribution is 2.20. The summed E-state index contributed by atoms with van der Waals surface area (Å²) in [5.41, 5.74) is 4.41. The Labute approximate surface area is 121 Å². The number of nitrogens with zero attached hydrogens (tertiary/aromatic N) is 4. The fourth-order valence-electron chi connectivity index (χ4n) is 2.10. The minimum atomic E-state index is -0.504. The van der Waals surface area contributed by atoms with Crippen molar-refractivity contribution in [1.82, 2.24) is 19.5 Å². The molecule has 6 nitrogen and oxygen atoms in total. The number of aryl methyl sites for hydroxylation is 2. The van der Waals surface area contributed by atoms with E-state index in [-0.39, 0.29) is 5.69 Å². The number of carbonyl (C=O) groups excluding carboxylic acids is 1. The molecule has 0 spiro atoms. The monoisotopic (exact) mass is 282 g/mol. The molecule has 0 bridgehead atoms. The lowest BCUT2D eigenvalue weighted by Gasteiger charge is -2.05. The lowest BCUT2D eigenvalue weighted by atomic mass is 10.1. The highest BCUT2D eigenvalue weighted by Gasteiger charge is 2.11. The van der Waals surface area contributed by atoms with E-state index in [1.165, 1.54) is 30.6 Å². The lowest BCUT2D eigenvalue weighted by Crippen LogP contribution is -2.06. The van der Waals surface area contributed by atoms with Gasteiger partial charge in [-0.1, -0.05) is 0 Å². The van der Waals surface area contributed by atoms with E-state index in [0.717, 1.165) is 11.0 Å². The van der Waals surface area contributed by atoms with Gasteiger partial charge in [-0.3, -0.25) is 4.57 Å². The van der Waals surface area contributed by atoms with Crippen molar-refractivity contribution in [2.24, 2.45) is 0 Å². The fourth-order valence-corrected chi connectivity index (χ4v) is 2.10. The molecule has 0 aliphatic rings. The second-order valence-electron chi connectivity index (χ2n) is 4.79. The van der Waals surface area contributed by atoms with Gasteiger partial charge in [-0.25, -0.2) is 19.7 Å². The number of methoxy groups -OCH3 is 1. The number of hydrogen-bond acceptors (Lipinski definition) is 5. The van der Waals surface area contributed by atoms with Crippen molar-refractivity contribution in [2.45, 2.75) is 13.8 Å². The zero-order valence-electron chi connectivity index (χ0n) is 12.0. The van der Waals surface area contributed by atoms with E-state index >= 15 is 0 Å². The molecular formula is C15H14N4O2. The van der Waals surface area contributed by atoms with Crippen LogP contribution >= 0.6 is 0 Å². The summed E-state index contributed by atoms with van der Waals surface area (Å²) >= 11 is 0. The van der Waals surface area contributed by atoms with Crippen LogP contribution in [0.1, 0.15) is 21.6 Å². The molecule has 2 heterocycles. The molecule has 0 unspecified atom stereocenters. The first-order valence-corrected chi connectivity index (χ1v) is 6.45. The molecule has 0 saturated heterocycles. The summed E-state index contributed by atoms with van der Waals surface area (Å²) in [5, 5.41) is 0. The molecular weight excluding hydrogens is 268 g/mol. The summed E-state index contributed by atoms with van der Waals surface area (Å²) in [6.07, 6.45) is 4.63. The van der Waals surface area contributed by atoms with Crippen molar-refractivity contribution in [1.29, 1.82) is 0 Å². The number of benzene rings is 1.